The predicted molar refractivity (Wildman–Crippen MR) is 114 cm³/mol. The highest BCUT2D eigenvalue weighted by molar-refractivity contribution is 6.89. The SMILES string of the molecule is CC(=O)O[Si](C)(C#Cc1ccccc1)O[Si](C)(C#Cc1ccccc1)OC(C)=O. The van der Waals surface area contributed by atoms with Gasteiger partial charge in [0.15, 0.2) is 0 Å². The zero-order valence-electron chi connectivity index (χ0n) is 16.8. The summed E-state index contributed by atoms with van der Waals surface area (Å²) in [6.07, 6.45) is 0. The molecule has 2 rings (SSSR count). The Bertz CT molecular complexity index is 904. The summed E-state index contributed by atoms with van der Waals surface area (Å²) in [5, 5.41) is 0. The molecule has 29 heavy (non-hydrogen) atoms. The van der Waals surface area contributed by atoms with Crippen molar-refractivity contribution in [3.05, 3.63) is 71.8 Å². The second-order valence-corrected chi connectivity index (χ2v) is 11.9. The van der Waals surface area contributed by atoms with Gasteiger partial charge in [-0.1, -0.05) is 59.3 Å². The van der Waals surface area contributed by atoms with Gasteiger partial charge in [0.2, 0.25) is 0 Å². The van der Waals surface area contributed by atoms with Crippen LogP contribution in [0.5, 0.6) is 0 Å². The van der Waals surface area contributed by atoms with Crippen molar-refractivity contribution in [2.75, 3.05) is 0 Å². The van der Waals surface area contributed by atoms with E-state index in [0.29, 0.717) is 0 Å². The fraction of sp³-hybridized carbons (Fsp3) is 0.182. The highest BCUT2D eigenvalue weighted by Crippen LogP contribution is 2.17. The fourth-order valence-corrected chi connectivity index (χ4v) is 8.14. The standard InChI is InChI=1S/C22H22O5Si2/c1-19(23)25-28(3,17-15-21-11-7-5-8-12-21)27-29(4,26-20(2)24)18-16-22-13-9-6-10-14-22/h5-14H,1-4H3. The Labute approximate surface area is 173 Å². The molecule has 0 fully saturated rings. The second kappa shape index (κ2) is 9.90. The molecule has 2 aromatic rings. The molecule has 2 aromatic carbocycles. The number of hydrogen-bond acceptors (Lipinski definition) is 5. The molecule has 148 valence electrons. The summed E-state index contributed by atoms with van der Waals surface area (Å²) >= 11 is 0. The summed E-state index contributed by atoms with van der Waals surface area (Å²) in [6, 6.07) is 18.6. The lowest BCUT2D eigenvalue weighted by Gasteiger charge is -2.28. The Morgan fingerprint density at radius 1 is 0.690 bits per heavy atom. The van der Waals surface area contributed by atoms with E-state index >= 15 is 0 Å². The van der Waals surface area contributed by atoms with Crippen molar-refractivity contribution in [2.45, 2.75) is 26.9 Å². The van der Waals surface area contributed by atoms with Gasteiger partial charge in [-0.05, 0) is 24.3 Å². The fourth-order valence-electron chi connectivity index (χ4n) is 2.48. The molecule has 0 amide bonds. The molecular formula is C22H22O5Si2. The molecule has 0 heterocycles. The largest absolute Gasteiger partial charge is 0.485 e. The molecule has 0 radical (unpaired) electrons. The molecule has 2 unspecified atom stereocenters. The Balaban J connectivity index is 2.39. The van der Waals surface area contributed by atoms with Gasteiger partial charge in [-0.25, -0.2) is 0 Å². The van der Waals surface area contributed by atoms with E-state index in [2.05, 4.69) is 22.9 Å². The first-order chi connectivity index (χ1) is 13.7. The van der Waals surface area contributed by atoms with Crippen LogP contribution in [0.15, 0.2) is 60.7 Å². The molecule has 0 bridgehead atoms. The van der Waals surface area contributed by atoms with E-state index in [1.54, 1.807) is 13.1 Å². The molecule has 0 aliphatic carbocycles. The molecule has 0 saturated heterocycles. The average Bonchev–Trinajstić information content (AvgIpc) is 2.65. The minimum Gasteiger partial charge on any atom is -0.485 e. The van der Waals surface area contributed by atoms with E-state index in [1.807, 2.05) is 60.7 Å². The Morgan fingerprint density at radius 2 is 1.03 bits per heavy atom. The van der Waals surface area contributed by atoms with Crippen molar-refractivity contribution >= 4 is 29.1 Å². The number of carbonyl (C=O) groups excluding carboxylic acids is 2. The van der Waals surface area contributed by atoms with Gasteiger partial charge in [0.25, 0.3) is 11.9 Å². The minimum absolute atomic E-state index is 0.517. The van der Waals surface area contributed by atoms with E-state index < -0.39 is 29.1 Å². The maximum atomic E-state index is 11.7. The number of hydrogen-bond donors (Lipinski definition) is 0. The molecule has 5 nitrogen and oxygen atoms in total. The molecule has 0 aliphatic rings. The lowest BCUT2D eigenvalue weighted by Crippen LogP contribution is -2.52. The Kier molecular flexibility index (Phi) is 7.57. The van der Waals surface area contributed by atoms with Crippen LogP contribution in [0.25, 0.3) is 0 Å². The summed E-state index contributed by atoms with van der Waals surface area (Å²) in [7, 11) is -6.73. The summed E-state index contributed by atoms with van der Waals surface area (Å²) in [5.41, 5.74) is 7.46. The topological polar surface area (TPSA) is 61.8 Å². The van der Waals surface area contributed by atoms with Crippen molar-refractivity contribution < 1.29 is 22.6 Å². The number of rotatable bonds is 4. The van der Waals surface area contributed by atoms with Crippen molar-refractivity contribution in [1.29, 1.82) is 0 Å². The third-order valence-electron chi connectivity index (χ3n) is 3.48. The van der Waals surface area contributed by atoms with Crippen LogP contribution in [0.3, 0.4) is 0 Å². The first kappa shape index (κ1) is 22.2. The molecule has 2 atom stereocenters. The van der Waals surface area contributed by atoms with Crippen LogP contribution < -0.4 is 0 Å². The number of benzene rings is 2. The summed E-state index contributed by atoms with van der Waals surface area (Å²) in [6.45, 7) is 5.87. The molecule has 0 aliphatic heterocycles. The quantitative estimate of drug-likeness (QED) is 0.558. The van der Waals surface area contributed by atoms with Crippen LogP contribution in [0, 0.1) is 22.9 Å². The van der Waals surface area contributed by atoms with Crippen molar-refractivity contribution in [3.63, 3.8) is 0 Å². The smallest absolute Gasteiger partial charge is 0.477 e. The maximum Gasteiger partial charge on any atom is 0.477 e. The van der Waals surface area contributed by atoms with E-state index in [1.165, 1.54) is 13.8 Å². The summed E-state index contributed by atoms with van der Waals surface area (Å²) < 4.78 is 17.1. The van der Waals surface area contributed by atoms with Crippen molar-refractivity contribution in [3.8, 4) is 22.9 Å². The van der Waals surface area contributed by atoms with Crippen molar-refractivity contribution in [2.24, 2.45) is 0 Å². The normalized spacial score (nSPS) is 13.9. The van der Waals surface area contributed by atoms with Gasteiger partial charge in [-0.3, -0.25) is 9.59 Å². The van der Waals surface area contributed by atoms with Gasteiger partial charge < -0.3 is 13.0 Å². The van der Waals surface area contributed by atoms with E-state index in [9.17, 15) is 9.59 Å². The highest BCUT2D eigenvalue weighted by Gasteiger charge is 2.46. The predicted octanol–water partition coefficient (Wildman–Crippen LogP) is 3.46. The van der Waals surface area contributed by atoms with Crippen LogP contribution in [0.2, 0.25) is 13.1 Å². The van der Waals surface area contributed by atoms with Crippen LogP contribution in [-0.2, 0) is 22.6 Å². The van der Waals surface area contributed by atoms with E-state index in [4.69, 9.17) is 13.0 Å². The summed E-state index contributed by atoms with van der Waals surface area (Å²) in [4.78, 5) is 23.4. The zero-order valence-corrected chi connectivity index (χ0v) is 18.8. The monoisotopic (exact) mass is 422 g/mol. The van der Waals surface area contributed by atoms with E-state index in [-0.39, 0.29) is 0 Å². The third-order valence-corrected chi connectivity index (χ3v) is 9.11. The second-order valence-electron chi connectivity index (χ2n) is 6.41. The van der Waals surface area contributed by atoms with Crippen LogP contribution in [0.4, 0.5) is 0 Å². The average molecular weight is 423 g/mol. The molecule has 0 saturated carbocycles. The molecule has 0 aromatic heterocycles. The molecular weight excluding hydrogens is 400 g/mol. The molecule has 0 spiro atoms. The first-order valence-electron chi connectivity index (χ1n) is 8.95. The Morgan fingerprint density at radius 3 is 1.34 bits per heavy atom. The van der Waals surface area contributed by atoms with Crippen LogP contribution >= 0.6 is 0 Å². The zero-order chi connectivity index (χ0) is 21.3. The van der Waals surface area contributed by atoms with Gasteiger partial charge >= 0.3 is 17.1 Å². The minimum atomic E-state index is -3.36. The molecule has 7 heteroatoms. The highest BCUT2D eigenvalue weighted by atomic mass is 28.5. The van der Waals surface area contributed by atoms with Gasteiger partial charge in [0.1, 0.15) is 0 Å². The first-order valence-corrected chi connectivity index (χ1v) is 13.6. The van der Waals surface area contributed by atoms with Crippen LogP contribution in [-0.4, -0.2) is 29.1 Å². The van der Waals surface area contributed by atoms with Gasteiger partial charge in [0.05, 0.1) is 0 Å². The third kappa shape index (κ3) is 7.80. The summed E-state index contributed by atoms with van der Waals surface area (Å²) in [5.74, 6) is 4.93. The lowest BCUT2D eigenvalue weighted by atomic mass is 10.2. The van der Waals surface area contributed by atoms with Gasteiger partial charge in [-0.15, -0.1) is 0 Å². The lowest BCUT2D eigenvalue weighted by molar-refractivity contribution is -0.133. The van der Waals surface area contributed by atoms with Gasteiger partial charge in [0, 0.05) is 38.1 Å². The number of carbonyl (C=O) groups is 2. The van der Waals surface area contributed by atoms with Gasteiger partial charge in [-0.2, -0.15) is 0 Å². The van der Waals surface area contributed by atoms with E-state index in [0.717, 1.165) is 11.1 Å². The molecule has 0 N–H and O–H groups in total. The maximum absolute atomic E-state index is 11.7. The Hall–Kier alpha value is -3.11. The van der Waals surface area contributed by atoms with Crippen molar-refractivity contribution in [1.82, 2.24) is 0 Å². The van der Waals surface area contributed by atoms with Crippen LogP contribution in [0.1, 0.15) is 25.0 Å².